The van der Waals surface area contributed by atoms with Crippen molar-refractivity contribution in [2.45, 2.75) is 18.9 Å². The van der Waals surface area contributed by atoms with Gasteiger partial charge in [-0.25, -0.2) is 4.79 Å². The van der Waals surface area contributed by atoms with Crippen molar-refractivity contribution in [3.05, 3.63) is 0 Å². The summed E-state index contributed by atoms with van der Waals surface area (Å²) in [5.41, 5.74) is 0. The largest absolute Gasteiger partial charge is 0.335 e. The van der Waals surface area contributed by atoms with E-state index < -0.39 is 0 Å². The van der Waals surface area contributed by atoms with E-state index in [0.29, 0.717) is 6.04 Å². The molecule has 2 amide bonds. The average molecular weight is 195 g/mol. The van der Waals surface area contributed by atoms with E-state index >= 15 is 0 Å². The minimum absolute atomic E-state index is 0.168. The Kier molecular flexibility index (Phi) is 1.90. The second-order valence-electron chi connectivity index (χ2n) is 4.66. The monoisotopic (exact) mass is 195 g/mol. The third-order valence-electron chi connectivity index (χ3n) is 3.78. The summed E-state index contributed by atoms with van der Waals surface area (Å²) in [5, 5.41) is 6.47. The third kappa shape index (κ3) is 1.29. The molecule has 0 radical (unpaired) electrons. The molecule has 0 aromatic heterocycles. The number of carbonyl (C=O) groups is 1. The van der Waals surface area contributed by atoms with Gasteiger partial charge in [-0.15, -0.1) is 0 Å². The number of nitrogens with zero attached hydrogens (tertiary/aromatic N) is 1. The molecule has 2 atom stereocenters. The van der Waals surface area contributed by atoms with Crippen molar-refractivity contribution in [3.63, 3.8) is 0 Å². The van der Waals surface area contributed by atoms with Crippen LogP contribution in [0, 0.1) is 11.8 Å². The lowest BCUT2D eigenvalue weighted by molar-refractivity contribution is 0.207. The number of carbonyl (C=O) groups excluding carboxylic acids is 1. The van der Waals surface area contributed by atoms with Gasteiger partial charge in [-0.1, -0.05) is 0 Å². The maximum atomic E-state index is 11.7. The summed E-state index contributed by atoms with van der Waals surface area (Å²) in [5.74, 6) is 1.45. The number of amides is 2. The van der Waals surface area contributed by atoms with E-state index in [2.05, 4.69) is 10.6 Å². The molecule has 14 heavy (non-hydrogen) atoms. The van der Waals surface area contributed by atoms with Crippen molar-refractivity contribution in [3.8, 4) is 0 Å². The van der Waals surface area contributed by atoms with E-state index in [-0.39, 0.29) is 6.03 Å². The van der Waals surface area contributed by atoms with Crippen LogP contribution in [0.25, 0.3) is 0 Å². The quantitative estimate of drug-likeness (QED) is 0.619. The molecule has 4 nitrogen and oxygen atoms in total. The van der Waals surface area contributed by atoms with Crippen LogP contribution in [0.15, 0.2) is 0 Å². The fraction of sp³-hybridized carbons (Fsp3) is 0.900. The Morgan fingerprint density at radius 1 is 1.21 bits per heavy atom. The topological polar surface area (TPSA) is 44.4 Å². The van der Waals surface area contributed by atoms with Crippen LogP contribution in [0.4, 0.5) is 4.79 Å². The van der Waals surface area contributed by atoms with E-state index in [1.807, 2.05) is 4.90 Å². The normalized spacial score (nSPS) is 39.7. The van der Waals surface area contributed by atoms with Gasteiger partial charge in [0.1, 0.15) is 0 Å². The lowest BCUT2D eigenvalue weighted by atomic mass is 10.4. The summed E-state index contributed by atoms with van der Waals surface area (Å²) in [6.45, 7) is 4.09. The van der Waals surface area contributed by atoms with Gasteiger partial charge in [0.2, 0.25) is 0 Å². The highest BCUT2D eigenvalue weighted by Crippen LogP contribution is 2.41. The maximum absolute atomic E-state index is 11.7. The predicted octanol–water partition coefficient (Wildman–Crippen LogP) is 0.00960. The van der Waals surface area contributed by atoms with Crippen molar-refractivity contribution in [1.29, 1.82) is 0 Å². The molecule has 78 valence electrons. The number of urea groups is 1. The Balaban J connectivity index is 1.50. The Morgan fingerprint density at radius 2 is 1.86 bits per heavy atom. The van der Waals surface area contributed by atoms with Crippen LogP contribution in [0.3, 0.4) is 0 Å². The van der Waals surface area contributed by atoms with E-state index in [9.17, 15) is 4.79 Å². The van der Waals surface area contributed by atoms with Gasteiger partial charge in [0.25, 0.3) is 0 Å². The lowest BCUT2D eigenvalue weighted by Gasteiger charge is -2.17. The van der Waals surface area contributed by atoms with Crippen LogP contribution in [0.1, 0.15) is 12.8 Å². The first-order valence-electron chi connectivity index (χ1n) is 5.62. The molecule has 3 fully saturated rings. The number of nitrogens with one attached hydrogen (secondary N) is 2. The molecule has 4 heteroatoms. The predicted molar refractivity (Wildman–Crippen MR) is 53.0 cm³/mol. The van der Waals surface area contributed by atoms with Gasteiger partial charge in [-0.3, -0.25) is 0 Å². The second-order valence-corrected chi connectivity index (χ2v) is 4.66. The molecule has 1 saturated carbocycles. The SMILES string of the molecule is O=C(NC1C2CNCC21)N1CCCC1. The molecule has 3 rings (SSSR count). The van der Waals surface area contributed by atoms with Crippen molar-refractivity contribution >= 4 is 6.03 Å². The van der Waals surface area contributed by atoms with Crippen LogP contribution in [0.5, 0.6) is 0 Å². The highest BCUT2D eigenvalue weighted by Gasteiger charge is 2.53. The first-order valence-corrected chi connectivity index (χ1v) is 5.62. The van der Waals surface area contributed by atoms with Crippen molar-refractivity contribution in [2.75, 3.05) is 26.2 Å². The average Bonchev–Trinajstić information content (AvgIpc) is 2.75. The Bertz CT molecular complexity index is 240. The number of rotatable bonds is 1. The van der Waals surface area contributed by atoms with Crippen LogP contribution in [-0.4, -0.2) is 43.2 Å². The number of hydrogen-bond acceptors (Lipinski definition) is 2. The molecule has 2 aliphatic heterocycles. The second kappa shape index (κ2) is 3.12. The van der Waals surface area contributed by atoms with Gasteiger partial charge in [0.15, 0.2) is 0 Å². The van der Waals surface area contributed by atoms with Gasteiger partial charge >= 0.3 is 6.03 Å². The van der Waals surface area contributed by atoms with Gasteiger partial charge in [0, 0.05) is 32.2 Å². The van der Waals surface area contributed by atoms with Gasteiger partial charge < -0.3 is 15.5 Å². The van der Waals surface area contributed by atoms with Crippen molar-refractivity contribution in [1.82, 2.24) is 15.5 Å². The summed E-state index contributed by atoms with van der Waals surface area (Å²) < 4.78 is 0. The highest BCUT2D eigenvalue weighted by molar-refractivity contribution is 5.75. The third-order valence-corrected chi connectivity index (χ3v) is 3.78. The summed E-state index contributed by atoms with van der Waals surface area (Å²) in [6.07, 6.45) is 2.35. The van der Waals surface area contributed by atoms with Crippen LogP contribution >= 0.6 is 0 Å². The Morgan fingerprint density at radius 3 is 2.50 bits per heavy atom. The Hall–Kier alpha value is -0.770. The zero-order valence-corrected chi connectivity index (χ0v) is 8.33. The lowest BCUT2D eigenvalue weighted by Crippen LogP contribution is -2.41. The molecule has 2 unspecified atom stereocenters. The maximum Gasteiger partial charge on any atom is 0.317 e. The zero-order valence-electron chi connectivity index (χ0n) is 8.33. The number of hydrogen-bond donors (Lipinski definition) is 2. The summed E-state index contributed by atoms with van der Waals surface area (Å²) >= 11 is 0. The molecule has 2 saturated heterocycles. The minimum Gasteiger partial charge on any atom is -0.335 e. The Labute approximate surface area is 84.0 Å². The zero-order chi connectivity index (χ0) is 9.54. The molecule has 3 aliphatic rings. The highest BCUT2D eigenvalue weighted by atomic mass is 16.2. The first kappa shape index (κ1) is 8.53. The van der Waals surface area contributed by atoms with E-state index in [0.717, 1.165) is 38.0 Å². The fourth-order valence-corrected chi connectivity index (χ4v) is 2.79. The van der Waals surface area contributed by atoms with Gasteiger partial charge in [-0.2, -0.15) is 0 Å². The molecule has 1 aliphatic carbocycles. The number of piperidine rings is 1. The molecule has 0 spiro atoms. The molecule has 0 aromatic rings. The number of fused-ring (bicyclic) bond motifs is 1. The molecular weight excluding hydrogens is 178 g/mol. The standard InChI is InChI=1S/C10H17N3O/c14-10(13-3-1-2-4-13)12-9-7-5-11-6-8(7)9/h7-9,11H,1-6H2,(H,12,14). The number of likely N-dealkylation sites (tertiary alicyclic amines) is 1. The van der Waals surface area contributed by atoms with Crippen molar-refractivity contribution in [2.24, 2.45) is 11.8 Å². The van der Waals surface area contributed by atoms with Crippen LogP contribution in [-0.2, 0) is 0 Å². The smallest absolute Gasteiger partial charge is 0.317 e. The van der Waals surface area contributed by atoms with E-state index in [1.165, 1.54) is 12.8 Å². The summed E-state index contributed by atoms with van der Waals surface area (Å²) in [4.78, 5) is 13.7. The van der Waals surface area contributed by atoms with Crippen LogP contribution < -0.4 is 10.6 Å². The minimum atomic E-state index is 0.168. The molecule has 2 heterocycles. The van der Waals surface area contributed by atoms with Crippen molar-refractivity contribution < 1.29 is 4.79 Å². The van der Waals surface area contributed by atoms with Crippen LogP contribution in [0.2, 0.25) is 0 Å². The van der Waals surface area contributed by atoms with Gasteiger partial charge in [-0.05, 0) is 24.7 Å². The van der Waals surface area contributed by atoms with Gasteiger partial charge in [0.05, 0.1) is 0 Å². The van der Waals surface area contributed by atoms with E-state index in [1.54, 1.807) is 0 Å². The fourth-order valence-electron chi connectivity index (χ4n) is 2.79. The molecule has 0 bridgehead atoms. The summed E-state index contributed by atoms with van der Waals surface area (Å²) in [7, 11) is 0. The first-order chi connectivity index (χ1) is 6.86. The van der Waals surface area contributed by atoms with E-state index in [4.69, 9.17) is 0 Å². The summed E-state index contributed by atoms with van der Waals surface area (Å²) in [6, 6.07) is 0.645. The molecule has 2 N–H and O–H groups in total. The molecule has 0 aromatic carbocycles. The molecular formula is C10H17N3O.